The van der Waals surface area contributed by atoms with Crippen molar-refractivity contribution in [3.05, 3.63) is 0 Å². The average molecular weight is 462 g/mol. The van der Waals surface area contributed by atoms with Gasteiger partial charge >= 0.3 is 0 Å². The fourth-order valence-electron chi connectivity index (χ4n) is 4.61. The summed E-state index contributed by atoms with van der Waals surface area (Å²) < 4.78 is -0.840. The summed E-state index contributed by atoms with van der Waals surface area (Å²) in [7, 11) is 4.40. The molecule has 0 aromatic rings. The molecule has 0 spiro atoms. The molecular weight excluding hydrogens is 422 g/mol. The molecule has 0 saturated carbocycles. The standard InChI is InChI=1S/C20H40Cl2N4.Mn/c1-16-15-18(3,4)25-11-10-24(8)17(2)20(21,22)19(5,6)26(14-13-25)12-9-23(16)7;/h16-17H,9-15H2,1-8H3;. The van der Waals surface area contributed by atoms with Gasteiger partial charge < -0.3 is 4.90 Å². The van der Waals surface area contributed by atoms with E-state index in [1.807, 2.05) is 0 Å². The van der Waals surface area contributed by atoms with E-state index in [0.29, 0.717) is 6.04 Å². The topological polar surface area (TPSA) is 13.0 Å². The maximum atomic E-state index is 7.05. The third-order valence-corrected chi connectivity index (χ3v) is 8.84. The van der Waals surface area contributed by atoms with Crippen molar-refractivity contribution in [1.82, 2.24) is 19.6 Å². The SMILES string of the molecule is CC1CC(C)(C)N2CCN(C)C(C)C(Cl)(Cl)C(C)(C)N(CCN1C)CC2.[Mn]. The molecule has 27 heavy (non-hydrogen) atoms. The minimum atomic E-state index is -0.840. The second kappa shape index (κ2) is 9.39. The summed E-state index contributed by atoms with van der Waals surface area (Å²) in [4.78, 5) is 10.0. The second-order valence-corrected chi connectivity index (χ2v) is 11.0. The van der Waals surface area contributed by atoms with Crippen molar-refractivity contribution in [2.45, 2.75) is 75.5 Å². The summed E-state index contributed by atoms with van der Waals surface area (Å²) in [5, 5.41) is 0. The van der Waals surface area contributed by atoms with E-state index in [1.165, 1.54) is 6.42 Å². The number of halogens is 2. The Kier molecular flexibility index (Phi) is 9.03. The van der Waals surface area contributed by atoms with Gasteiger partial charge in [-0.1, -0.05) is 23.2 Å². The van der Waals surface area contributed by atoms with Crippen LogP contribution in [0.15, 0.2) is 0 Å². The van der Waals surface area contributed by atoms with Gasteiger partial charge in [-0.15, -0.1) is 0 Å². The van der Waals surface area contributed by atoms with Crippen LogP contribution >= 0.6 is 23.2 Å². The number of hydrogen-bond donors (Lipinski definition) is 0. The fraction of sp³-hybridized carbons (Fsp3) is 1.00. The molecular formula is C20H40Cl2MnN4. The number of hydrogen-bond acceptors (Lipinski definition) is 4. The van der Waals surface area contributed by atoms with E-state index >= 15 is 0 Å². The molecule has 2 rings (SSSR count). The summed E-state index contributed by atoms with van der Waals surface area (Å²) in [6, 6.07) is 0.623. The summed E-state index contributed by atoms with van der Waals surface area (Å²) in [5.74, 6) is 0. The normalized spacial score (nSPS) is 38.0. The van der Waals surface area contributed by atoms with Crippen LogP contribution in [0.2, 0.25) is 0 Å². The van der Waals surface area contributed by atoms with Gasteiger partial charge in [-0.2, -0.15) is 0 Å². The van der Waals surface area contributed by atoms with Gasteiger partial charge in [0.05, 0.1) is 0 Å². The smallest absolute Gasteiger partial charge is 0.151 e. The molecule has 0 amide bonds. The maximum absolute atomic E-state index is 7.05. The Balaban J connectivity index is 0.00000364. The van der Waals surface area contributed by atoms with Gasteiger partial charge in [0.15, 0.2) is 4.33 Å². The van der Waals surface area contributed by atoms with Crippen molar-refractivity contribution in [3.8, 4) is 0 Å². The molecule has 4 unspecified atom stereocenters. The molecule has 4 nitrogen and oxygen atoms in total. The Morgan fingerprint density at radius 3 is 1.78 bits per heavy atom. The fourth-order valence-corrected chi connectivity index (χ4v) is 5.18. The van der Waals surface area contributed by atoms with Gasteiger partial charge in [0, 0.05) is 79.5 Å². The monoisotopic (exact) mass is 461 g/mol. The first-order valence-corrected chi connectivity index (χ1v) is 10.8. The molecule has 2 bridgehead atoms. The van der Waals surface area contributed by atoms with Crippen molar-refractivity contribution >= 4 is 23.2 Å². The van der Waals surface area contributed by atoms with Crippen molar-refractivity contribution < 1.29 is 17.1 Å². The van der Waals surface area contributed by atoms with Crippen molar-refractivity contribution in [2.24, 2.45) is 0 Å². The minimum Gasteiger partial charge on any atom is -0.302 e. The van der Waals surface area contributed by atoms with E-state index in [-0.39, 0.29) is 34.2 Å². The molecule has 2 aliphatic heterocycles. The van der Waals surface area contributed by atoms with Crippen LogP contribution in [-0.2, 0) is 17.1 Å². The van der Waals surface area contributed by atoms with E-state index in [1.54, 1.807) is 0 Å². The van der Waals surface area contributed by atoms with E-state index in [0.717, 1.165) is 39.3 Å². The number of alkyl halides is 2. The van der Waals surface area contributed by atoms with Gasteiger partial charge in [0.2, 0.25) is 0 Å². The predicted octanol–water partition coefficient (Wildman–Crippen LogP) is 3.38. The first-order chi connectivity index (χ1) is 11.8. The molecule has 2 saturated heterocycles. The Hall–Kier alpha value is 0.939. The van der Waals surface area contributed by atoms with Gasteiger partial charge in [0.1, 0.15) is 0 Å². The van der Waals surface area contributed by atoms with Crippen LogP contribution in [0.1, 0.15) is 48.0 Å². The zero-order valence-electron chi connectivity index (χ0n) is 18.5. The molecule has 4 atom stereocenters. The van der Waals surface area contributed by atoms with E-state index < -0.39 is 4.33 Å². The zero-order chi connectivity index (χ0) is 19.9. The van der Waals surface area contributed by atoms with Gasteiger partial charge in [-0.3, -0.25) is 14.7 Å². The van der Waals surface area contributed by atoms with Crippen molar-refractivity contribution in [3.63, 3.8) is 0 Å². The third-order valence-electron chi connectivity index (χ3n) is 7.28. The van der Waals surface area contributed by atoms with Crippen LogP contribution in [0, 0.1) is 0 Å². The summed E-state index contributed by atoms with van der Waals surface area (Å²) >= 11 is 14.1. The molecule has 0 N–H and O–H groups in total. The molecule has 0 aliphatic carbocycles. The molecule has 2 aliphatic rings. The van der Waals surface area contributed by atoms with Crippen LogP contribution in [-0.4, -0.2) is 100 Å². The predicted molar refractivity (Wildman–Crippen MR) is 115 cm³/mol. The average Bonchev–Trinajstić information content (AvgIpc) is 2.53. The Morgan fingerprint density at radius 1 is 0.741 bits per heavy atom. The molecule has 0 aromatic carbocycles. The first kappa shape index (κ1) is 26.0. The van der Waals surface area contributed by atoms with Crippen LogP contribution in [0.3, 0.4) is 0 Å². The third kappa shape index (κ3) is 5.35. The number of fused-ring (bicyclic) bond motifs is 3. The molecule has 0 aromatic heterocycles. The van der Waals surface area contributed by atoms with Crippen LogP contribution < -0.4 is 0 Å². The molecule has 2 heterocycles. The first-order valence-electron chi connectivity index (χ1n) is 10.1. The summed E-state index contributed by atoms with van der Waals surface area (Å²) in [5.41, 5.74) is -0.149. The largest absolute Gasteiger partial charge is 0.302 e. The van der Waals surface area contributed by atoms with Crippen LogP contribution in [0.5, 0.6) is 0 Å². The van der Waals surface area contributed by atoms with Crippen LogP contribution in [0.4, 0.5) is 0 Å². The Morgan fingerprint density at radius 2 is 1.19 bits per heavy atom. The summed E-state index contributed by atoms with van der Waals surface area (Å²) in [6.07, 6.45) is 1.18. The number of rotatable bonds is 0. The minimum absolute atomic E-state index is 0. The van der Waals surface area contributed by atoms with Gasteiger partial charge in [0.25, 0.3) is 0 Å². The second-order valence-electron chi connectivity index (χ2n) is 9.66. The number of likely N-dealkylation sites (N-methyl/N-ethyl adjacent to an activating group) is 2. The summed E-state index contributed by atoms with van der Waals surface area (Å²) in [6.45, 7) is 19.8. The Labute approximate surface area is 188 Å². The van der Waals surface area contributed by atoms with E-state index in [4.69, 9.17) is 23.2 Å². The maximum Gasteiger partial charge on any atom is 0.151 e. The van der Waals surface area contributed by atoms with Crippen molar-refractivity contribution in [2.75, 3.05) is 53.4 Å². The number of nitrogens with zero attached hydrogens (tertiary/aromatic N) is 4. The molecule has 1 radical (unpaired) electrons. The molecule has 7 heteroatoms. The zero-order valence-corrected chi connectivity index (χ0v) is 21.2. The Bertz CT molecular complexity index is 487. The molecule has 161 valence electrons. The van der Waals surface area contributed by atoms with E-state index in [9.17, 15) is 0 Å². The van der Waals surface area contributed by atoms with E-state index in [2.05, 4.69) is 75.2 Å². The molecule has 2 fully saturated rings. The quantitative estimate of drug-likeness (QED) is 0.404. The van der Waals surface area contributed by atoms with Crippen LogP contribution in [0.25, 0.3) is 0 Å². The van der Waals surface area contributed by atoms with Gasteiger partial charge in [-0.05, 0) is 62.1 Å². The van der Waals surface area contributed by atoms with Crippen molar-refractivity contribution in [1.29, 1.82) is 0 Å². The van der Waals surface area contributed by atoms with Gasteiger partial charge in [-0.25, -0.2) is 0 Å².